The third kappa shape index (κ3) is 4.60. The Bertz CT molecular complexity index is 952. The molecule has 0 saturated carbocycles. The molecule has 0 amide bonds. The first-order chi connectivity index (χ1) is 13.0. The lowest BCUT2D eigenvalue weighted by Crippen LogP contribution is -2.10. The summed E-state index contributed by atoms with van der Waals surface area (Å²) >= 11 is 0. The number of nitro benzene ring substituents is 1. The second-order valence-electron chi connectivity index (χ2n) is 5.25. The Labute approximate surface area is 153 Å². The van der Waals surface area contributed by atoms with E-state index in [0.29, 0.717) is 11.5 Å². The van der Waals surface area contributed by atoms with Crippen LogP contribution in [-0.4, -0.2) is 27.2 Å². The molecule has 9 heteroatoms. The maximum atomic E-state index is 11.3. The van der Waals surface area contributed by atoms with Crippen molar-refractivity contribution in [2.24, 2.45) is 0 Å². The van der Waals surface area contributed by atoms with Crippen LogP contribution in [0.4, 0.5) is 10.5 Å². The zero-order valence-electron chi connectivity index (χ0n) is 14.3. The van der Waals surface area contributed by atoms with Crippen molar-refractivity contribution in [2.45, 2.75) is 6.92 Å². The lowest BCUT2D eigenvalue weighted by Gasteiger charge is -2.08. The zero-order chi connectivity index (χ0) is 19.2. The number of hydrogen-bond donors (Lipinski definition) is 0. The predicted molar refractivity (Wildman–Crippen MR) is 94.4 cm³/mol. The predicted octanol–water partition coefficient (Wildman–Crippen LogP) is 4.11. The molecule has 1 heterocycles. The van der Waals surface area contributed by atoms with E-state index in [2.05, 4.69) is 4.98 Å². The van der Waals surface area contributed by atoms with Crippen molar-refractivity contribution in [1.82, 2.24) is 9.55 Å². The van der Waals surface area contributed by atoms with Gasteiger partial charge in [0.05, 0.1) is 23.4 Å². The van der Waals surface area contributed by atoms with Crippen LogP contribution in [0.3, 0.4) is 0 Å². The summed E-state index contributed by atoms with van der Waals surface area (Å²) in [5, 5.41) is 10.7. The number of aromatic nitrogens is 2. The molecule has 2 aromatic carbocycles. The van der Waals surface area contributed by atoms with E-state index in [0.717, 1.165) is 5.69 Å². The van der Waals surface area contributed by atoms with Crippen LogP contribution in [0.2, 0.25) is 0 Å². The third-order valence-corrected chi connectivity index (χ3v) is 3.41. The van der Waals surface area contributed by atoms with E-state index in [1.54, 1.807) is 29.7 Å². The van der Waals surface area contributed by atoms with E-state index in [1.165, 1.54) is 36.8 Å². The molecule has 1 aromatic heterocycles. The largest absolute Gasteiger partial charge is 0.515 e. The molecule has 27 heavy (non-hydrogen) atoms. The molecule has 0 aliphatic rings. The molecule has 0 atom stereocenters. The van der Waals surface area contributed by atoms with Gasteiger partial charge in [0.25, 0.3) is 5.69 Å². The quantitative estimate of drug-likeness (QED) is 0.366. The Balaban J connectivity index is 1.73. The molecule has 0 bridgehead atoms. The molecule has 0 aliphatic heterocycles. The SMILES string of the molecule is CCOC(=O)Oc1cn(-c2cccc(Oc3ccc([N+](=O)[O-])cc3)c2)cn1. The fourth-order valence-corrected chi connectivity index (χ4v) is 2.21. The van der Waals surface area contributed by atoms with Gasteiger partial charge in [-0.2, -0.15) is 0 Å². The van der Waals surface area contributed by atoms with Gasteiger partial charge in [-0.05, 0) is 31.2 Å². The Kier molecular flexibility index (Phi) is 5.31. The van der Waals surface area contributed by atoms with Crippen LogP contribution in [0.5, 0.6) is 17.4 Å². The summed E-state index contributed by atoms with van der Waals surface area (Å²) < 4.78 is 17.0. The topological polar surface area (TPSA) is 106 Å². The van der Waals surface area contributed by atoms with Gasteiger partial charge in [-0.25, -0.2) is 9.78 Å². The van der Waals surface area contributed by atoms with E-state index in [9.17, 15) is 14.9 Å². The van der Waals surface area contributed by atoms with E-state index in [4.69, 9.17) is 14.2 Å². The second kappa shape index (κ2) is 8.00. The highest BCUT2D eigenvalue weighted by atomic mass is 16.7. The van der Waals surface area contributed by atoms with Gasteiger partial charge >= 0.3 is 6.16 Å². The number of benzene rings is 2. The first-order valence-corrected chi connectivity index (χ1v) is 7.96. The van der Waals surface area contributed by atoms with Gasteiger partial charge in [-0.15, -0.1) is 0 Å². The minimum absolute atomic E-state index is 0.0105. The Hall–Kier alpha value is -3.88. The van der Waals surface area contributed by atoms with Crippen molar-refractivity contribution in [3.63, 3.8) is 0 Å². The number of rotatable bonds is 6. The molecule has 0 radical (unpaired) electrons. The van der Waals surface area contributed by atoms with E-state index < -0.39 is 11.1 Å². The van der Waals surface area contributed by atoms with Crippen molar-refractivity contribution in [1.29, 1.82) is 0 Å². The summed E-state index contributed by atoms with van der Waals surface area (Å²) in [6, 6.07) is 12.9. The molecule has 0 spiro atoms. The number of non-ortho nitro benzene ring substituents is 1. The summed E-state index contributed by atoms with van der Waals surface area (Å²) in [6.07, 6.45) is 2.19. The van der Waals surface area contributed by atoms with Crippen LogP contribution in [-0.2, 0) is 4.74 Å². The standard InChI is InChI=1S/C18H15N3O6/c1-2-25-18(22)27-17-11-20(12-19-17)14-4-3-5-16(10-14)26-15-8-6-13(7-9-15)21(23)24/h3-12H,2H2,1H3. The molecular formula is C18H15N3O6. The highest BCUT2D eigenvalue weighted by molar-refractivity contribution is 5.62. The molecule has 0 unspecified atom stereocenters. The first kappa shape index (κ1) is 17.9. The fourth-order valence-electron chi connectivity index (χ4n) is 2.21. The number of carbonyl (C=O) groups is 1. The third-order valence-electron chi connectivity index (χ3n) is 3.41. The lowest BCUT2D eigenvalue weighted by atomic mass is 10.3. The molecule has 138 valence electrons. The summed E-state index contributed by atoms with van der Waals surface area (Å²) in [4.78, 5) is 25.5. The van der Waals surface area contributed by atoms with Crippen LogP contribution >= 0.6 is 0 Å². The van der Waals surface area contributed by atoms with Gasteiger partial charge in [0, 0.05) is 18.2 Å². The number of imidazole rings is 1. The number of nitro groups is 1. The van der Waals surface area contributed by atoms with Gasteiger partial charge in [-0.3, -0.25) is 10.1 Å². The summed E-state index contributed by atoms with van der Waals surface area (Å²) in [5.74, 6) is 1.10. The maximum Gasteiger partial charge on any atom is 0.515 e. The Morgan fingerprint density at radius 2 is 1.96 bits per heavy atom. The summed E-state index contributed by atoms with van der Waals surface area (Å²) in [7, 11) is 0. The molecule has 9 nitrogen and oxygen atoms in total. The van der Waals surface area contributed by atoms with Gasteiger partial charge in [0.2, 0.25) is 5.88 Å². The molecule has 0 saturated heterocycles. The highest BCUT2D eigenvalue weighted by Gasteiger charge is 2.09. The first-order valence-electron chi connectivity index (χ1n) is 7.96. The summed E-state index contributed by atoms with van der Waals surface area (Å²) in [5.41, 5.74) is 0.712. The number of carbonyl (C=O) groups excluding carboxylic acids is 1. The van der Waals surface area contributed by atoms with E-state index in [-0.39, 0.29) is 18.2 Å². The number of ether oxygens (including phenoxy) is 3. The van der Waals surface area contributed by atoms with Gasteiger partial charge < -0.3 is 18.8 Å². The van der Waals surface area contributed by atoms with Crippen molar-refractivity contribution < 1.29 is 23.9 Å². The fraction of sp³-hybridized carbons (Fsp3) is 0.111. The molecular weight excluding hydrogens is 354 g/mol. The highest BCUT2D eigenvalue weighted by Crippen LogP contribution is 2.26. The van der Waals surface area contributed by atoms with Gasteiger partial charge in [0.1, 0.15) is 17.8 Å². The van der Waals surface area contributed by atoms with Crippen LogP contribution in [0.15, 0.2) is 61.1 Å². The average Bonchev–Trinajstić information content (AvgIpc) is 3.11. The van der Waals surface area contributed by atoms with Crippen LogP contribution in [0, 0.1) is 10.1 Å². The smallest absolute Gasteiger partial charge is 0.457 e. The van der Waals surface area contributed by atoms with Crippen molar-refractivity contribution >= 4 is 11.8 Å². The van der Waals surface area contributed by atoms with Crippen LogP contribution in [0.1, 0.15) is 6.92 Å². The van der Waals surface area contributed by atoms with Gasteiger partial charge in [0.15, 0.2) is 0 Å². The lowest BCUT2D eigenvalue weighted by molar-refractivity contribution is -0.384. The molecule has 3 rings (SSSR count). The zero-order valence-corrected chi connectivity index (χ0v) is 14.3. The van der Waals surface area contributed by atoms with Gasteiger partial charge in [-0.1, -0.05) is 6.07 Å². The number of nitrogens with zero attached hydrogens (tertiary/aromatic N) is 3. The Morgan fingerprint density at radius 3 is 2.67 bits per heavy atom. The van der Waals surface area contributed by atoms with Crippen LogP contribution < -0.4 is 9.47 Å². The normalized spacial score (nSPS) is 10.3. The molecule has 0 aliphatic carbocycles. The maximum absolute atomic E-state index is 11.3. The molecule has 3 aromatic rings. The van der Waals surface area contributed by atoms with Crippen molar-refractivity contribution in [3.8, 4) is 23.1 Å². The summed E-state index contributed by atoms with van der Waals surface area (Å²) in [6.45, 7) is 1.89. The van der Waals surface area contributed by atoms with E-state index >= 15 is 0 Å². The number of hydrogen-bond acceptors (Lipinski definition) is 7. The van der Waals surface area contributed by atoms with Crippen LogP contribution in [0.25, 0.3) is 5.69 Å². The molecule has 0 N–H and O–H groups in total. The monoisotopic (exact) mass is 369 g/mol. The minimum Gasteiger partial charge on any atom is -0.457 e. The average molecular weight is 369 g/mol. The van der Waals surface area contributed by atoms with Crippen molar-refractivity contribution in [3.05, 3.63) is 71.2 Å². The minimum atomic E-state index is -0.821. The molecule has 0 fully saturated rings. The van der Waals surface area contributed by atoms with E-state index in [1.807, 2.05) is 6.07 Å². The second-order valence-corrected chi connectivity index (χ2v) is 5.25. The Morgan fingerprint density at radius 1 is 1.19 bits per heavy atom. The van der Waals surface area contributed by atoms with Crippen molar-refractivity contribution in [2.75, 3.05) is 6.61 Å².